The molecule has 14 heavy (non-hydrogen) atoms. The number of oxime groups is 1. The van der Waals surface area contributed by atoms with Gasteiger partial charge in [0, 0.05) is 5.56 Å². The Labute approximate surface area is 79.3 Å². The zero-order valence-electron chi connectivity index (χ0n) is 7.14. The fourth-order valence-corrected chi connectivity index (χ4v) is 1.01. The lowest BCUT2D eigenvalue weighted by atomic mass is 10.1. The highest BCUT2D eigenvalue weighted by atomic mass is 19.1. The zero-order chi connectivity index (χ0) is 10.6. The van der Waals surface area contributed by atoms with Crippen molar-refractivity contribution >= 4 is 11.7 Å². The van der Waals surface area contributed by atoms with Gasteiger partial charge in [-0.1, -0.05) is 17.3 Å². The Balaban J connectivity index is 2.96. The maximum atomic E-state index is 12.7. The lowest BCUT2D eigenvalue weighted by Crippen LogP contribution is -2.08. The van der Waals surface area contributed by atoms with E-state index in [0.717, 1.165) is 6.07 Å². The number of carboxylic acids is 1. The molecule has 1 aromatic rings. The molecule has 0 fully saturated rings. The first kappa shape index (κ1) is 10.2. The second kappa shape index (κ2) is 4.36. The first-order chi connectivity index (χ1) is 6.63. The predicted octanol–water partition coefficient (Wildman–Crippen LogP) is 1.48. The molecule has 74 valence electrons. The van der Waals surface area contributed by atoms with E-state index >= 15 is 0 Å². The minimum Gasteiger partial charge on any atom is -0.481 e. The average molecular weight is 197 g/mol. The van der Waals surface area contributed by atoms with Gasteiger partial charge in [0.05, 0.1) is 12.1 Å². The van der Waals surface area contributed by atoms with Crippen LogP contribution in [0.2, 0.25) is 0 Å². The van der Waals surface area contributed by atoms with Crippen LogP contribution in [0, 0.1) is 5.82 Å². The molecule has 2 N–H and O–H groups in total. The van der Waals surface area contributed by atoms with Crippen LogP contribution in [-0.4, -0.2) is 22.0 Å². The molecule has 0 aliphatic carbocycles. The first-order valence-corrected chi connectivity index (χ1v) is 3.82. The fraction of sp³-hybridized carbons (Fsp3) is 0.111. The number of aliphatic carboxylic acids is 1. The van der Waals surface area contributed by atoms with Crippen molar-refractivity contribution in [2.45, 2.75) is 6.42 Å². The summed E-state index contributed by atoms with van der Waals surface area (Å²) in [5.74, 6) is -1.64. The van der Waals surface area contributed by atoms with Crippen molar-refractivity contribution in [3.63, 3.8) is 0 Å². The van der Waals surface area contributed by atoms with E-state index in [0.29, 0.717) is 0 Å². The van der Waals surface area contributed by atoms with E-state index < -0.39 is 18.2 Å². The zero-order valence-corrected chi connectivity index (χ0v) is 7.14. The normalized spacial score (nSPS) is 11.4. The minimum atomic E-state index is -1.14. The first-order valence-electron chi connectivity index (χ1n) is 3.82. The summed E-state index contributed by atoms with van der Waals surface area (Å²) in [6.45, 7) is 0. The quantitative estimate of drug-likeness (QED) is 0.438. The molecule has 0 aromatic heterocycles. The molecule has 0 aliphatic rings. The van der Waals surface area contributed by atoms with Gasteiger partial charge in [0.1, 0.15) is 5.82 Å². The maximum Gasteiger partial charge on any atom is 0.309 e. The van der Waals surface area contributed by atoms with Crippen LogP contribution in [-0.2, 0) is 4.79 Å². The van der Waals surface area contributed by atoms with E-state index in [2.05, 4.69) is 5.16 Å². The highest BCUT2D eigenvalue weighted by Crippen LogP contribution is 2.07. The van der Waals surface area contributed by atoms with E-state index in [1.807, 2.05) is 0 Å². The molecule has 0 unspecified atom stereocenters. The molecule has 5 heteroatoms. The van der Waals surface area contributed by atoms with Crippen LogP contribution in [0.5, 0.6) is 0 Å². The number of rotatable bonds is 3. The van der Waals surface area contributed by atoms with Crippen LogP contribution < -0.4 is 0 Å². The largest absolute Gasteiger partial charge is 0.481 e. The van der Waals surface area contributed by atoms with Gasteiger partial charge in [-0.15, -0.1) is 0 Å². The van der Waals surface area contributed by atoms with Crippen molar-refractivity contribution < 1.29 is 19.5 Å². The van der Waals surface area contributed by atoms with Gasteiger partial charge in [0.15, 0.2) is 0 Å². The molecule has 4 nitrogen and oxygen atoms in total. The Morgan fingerprint density at radius 3 is 2.71 bits per heavy atom. The topological polar surface area (TPSA) is 69.9 Å². The van der Waals surface area contributed by atoms with Gasteiger partial charge >= 0.3 is 5.97 Å². The van der Waals surface area contributed by atoms with E-state index in [1.165, 1.54) is 18.2 Å². The molecule has 0 heterocycles. The summed E-state index contributed by atoms with van der Waals surface area (Å²) in [6.07, 6.45) is -0.444. The summed E-state index contributed by atoms with van der Waals surface area (Å²) in [7, 11) is 0. The van der Waals surface area contributed by atoms with Crippen LogP contribution in [0.1, 0.15) is 12.0 Å². The molecule has 0 aliphatic heterocycles. The number of carboxylic acid groups (broad SMARTS) is 1. The molecule has 0 saturated carbocycles. The second-order valence-electron chi connectivity index (χ2n) is 2.63. The molecule has 0 bridgehead atoms. The highest BCUT2D eigenvalue weighted by molar-refractivity contribution is 6.08. The Bertz CT molecular complexity index is 376. The van der Waals surface area contributed by atoms with Crippen molar-refractivity contribution in [1.82, 2.24) is 0 Å². The Hall–Kier alpha value is -1.91. The van der Waals surface area contributed by atoms with Crippen LogP contribution in [0.3, 0.4) is 0 Å². The minimum absolute atomic E-state index is 0.0722. The van der Waals surface area contributed by atoms with Gasteiger partial charge in [-0.2, -0.15) is 0 Å². The molecule has 0 atom stereocenters. The van der Waals surface area contributed by atoms with Crippen molar-refractivity contribution in [3.8, 4) is 0 Å². The Morgan fingerprint density at radius 2 is 2.21 bits per heavy atom. The van der Waals surface area contributed by atoms with Crippen LogP contribution in [0.4, 0.5) is 4.39 Å². The fourth-order valence-electron chi connectivity index (χ4n) is 1.01. The van der Waals surface area contributed by atoms with Gasteiger partial charge in [0.2, 0.25) is 0 Å². The van der Waals surface area contributed by atoms with E-state index in [1.54, 1.807) is 0 Å². The molecule has 1 aromatic carbocycles. The Kier molecular flexibility index (Phi) is 3.17. The van der Waals surface area contributed by atoms with Gasteiger partial charge in [-0.05, 0) is 12.1 Å². The van der Waals surface area contributed by atoms with Gasteiger partial charge in [0.25, 0.3) is 0 Å². The summed E-state index contributed by atoms with van der Waals surface area (Å²) < 4.78 is 12.7. The number of carbonyl (C=O) groups is 1. The maximum absolute atomic E-state index is 12.7. The summed E-state index contributed by atoms with van der Waals surface area (Å²) in [4.78, 5) is 10.3. The summed E-state index contributed by atoms with van der Waals surface area (Å²) in [5, 5.41) is 19.8. The smallest absolute Gasteiger partial charge is 0.309 e. The highest BCUT2D eigenvalue weighted by Gasteiger charge is 2.09. The molecular formula is C9H8FNO3. The van der Waals surface area contributed by atoms with Crippen molar-refractivity contribution in [1.29, 1.82) is 0 Å². The lowest BCUT2D eigenvalue weighted by Gasteiger charge is -2.00. The van der Waals surface area contributed by atoms with Crippen LogP contribution in [0.25, 0.3) is 0 Å². The average Bonchev–Trinajstić information content (AvgIpc) is 2.14. The molecule has 0 amide bonds. The van der Waals surface area contributed by atoms with E-state index in [4.69, 9.17) is 10.3 Å². The van der Waals surface area contributed by atoms with Gasteiger partial charge in [-0.25, -0.2) is 4.39 Å². The monoisotopic (exact) mass is 197 g/mol. The van der Waals surface area contributed by atoms with Crippen molar-refractivity contribution in [3.05, 3.63) is 35.6 Å². The standard InChI is InChI=1S/C9H8FNO3/c10-7-3-1-2-6(4-7)8(11-14)5-9(12)13/h1-4,14H,5H2,(H,12,13)/b11-8-. The summed E-state index contributed by atoms with van der Waals surface area (Å²) >= 11 is 0. The number of hydrogen-bond donors (Lipinski definition) is 2. The van der Waals surface area contributed by atoms with Crippen molar-refractivity contribution in [2.24, 2.45) is 5.16 Å². The summed E-state index contributed by atoms with van der Waals surface area (Å²) in [6, 6.07) is 5.22. The molecular weight excluding hydrogens is 189 g/mol. The number of nitrogens with zero attached hydrogens (tertiary/aromatic N) is 1. The number of hydrogen-bond acceptors (Lipinski definition) is 3. The van der Waals surface area contributed by atoms with Crippen LogP contribution in [0.15, 0.2) is 29.4 Å². The second-order valence-corrected chi connectivity index (χ2v) is 2.63. The molecule has 0 radical (unpaired) electrons. The molecule has 0 spiro atoms. The number of benzene rings is 1. The SMILES string of the molecule is O=C(O)C/C(=N/O)c1cccc(F)c1. The lowest BCUT2D eigenvalue weighted by molar-refractivity contribution is -0.135. The third-order valence-corrected chi connectivity index (χ3v) is 1.60. The third-order valence-electron chi connectivity index (χ3n) is 1.60. The Morgan fingerprint density at radius 1 is 1.50 bits per heavy atom. The number of halogens is 1. The molecule has 0 saturated heterocycles. The predicted molar refractivity (Wildman–Crippen MR) is 47.0 cm³/mol. The third kappa shape index (κ3) is 2.55. The summed E-state index contributed by atoms with van der Waals surface area (Å²) in [5.41, 5.74) is 0.187. The van der Waals surface area contributed by atoms with E-state index in [9.17, 15) is 9.18 Å². The van der Waals surface area contributed by atoms with E-state index in [-0.39, 0.29) is 11.3 Å². The van der Waals surface area contributed by atoms with Crippen molar-refractivity contribution in [2.75, 3.05) is 0 Å². The van der Waals surface area contributed by atoms with Crippen LogP contribution >= 0.6 is 0 Å². The molecule has 1 rings (SSSR count). The van der Waals surface area contributed by atoms with Gasteiger partial charge < -0.3 is 10.3 Å². The van der Waals surface area contributed by atoms with Gasteiger partial charge in [-0.3, -0.25) is 4.79 Å².